The maximum absolute atomic E-state index is 13.1. The molecule has 7 heteroatoms. The summed E-state index contributed by atoms with van der Waals surface area (Å²) in [7, 11) is 1.62. The average Bonchev–Trinajstić information content (AvgIpc) is 3.24. The number of halogens is 1. The number of benzene rings is 3. The van der Waals surface area contributed by atoms with Crippen molar-refractivity contribution in [3.63, 3.8) is 0 Å². The number of amides is 1. The van der Waals surface area contributed by atoms with Crippen LogP contribution in [-0.4, -0.2) is 28.7 Å². The van der Waals surface area contributed by atoms with Crippen molar-refractivity contribution >= 4 is 23.4 Å². The lowest BCUT2D eigenvalue weighted by Gasteiger charge is -2.05. The number of anilines is 1. The van der Waals surface area contributed by atoms with Crippen molar-refractivity contribution in [1.29, 1.82) is 0 Å². The lowest BCUT2D eigenvalue weighted by molar-refractivity contribution is -0.113. The molecule has 31 heavy (non-hydrogen) atoms. The van der Waals surface area contributed by atoms with Gasteiger partial charge in [-0.15, -0.1) is 0 Å². The van der Waals surface area contributed by atoms with Gasteiger partial charge in [-0.1, -0.05) is 54.2 Å². The van der Waals surface area contributed by atoms with Crippen molar-refractivity contribution in [2.24, 2.45) is 0 Å². The molecule has 1 heterocycles. The van der Waals surface area contributed by atoms with E-state index in [1.165, 1.54) is 36.0 Å². The van der Waals surface area contributed by atoms with Crippen LogP contribution in [0, 0.1) is 5.82 Å². The van der Waals surface area contributed by atoms with Crippen LogP contribution in [0.5, 0.6) is 5.75 Å². The third-order valence-corrected chi connectivity index (χ3v) is 5.52. The standard InChI is InChI=1S/C24H20FN3O2S/c1-30-20-9-5-8-17(14-20)23-27-22(16-6-3-2-4-7-16)24(28-23)31-15-21(29)26-19-12-10-18(25)11-13-19/h2-14H,15H2,1H3,(H,26,29)(H,27,28). The monoisotopic (exact) mass is 433 g/mol. The Morgan fingerprint density at radius 1 is 1.03 bits per heavy atom. The van der Waals surface area contributed by atoms with Gasteiger partial charge in [0.15, 0.2) is 0 Å². The SMILES string of the molecule is COc1cccc(-c2nc(SCC(=O)Nc3ccc(F)cc3)c(-c3ccccc3)[nH]2)c1. The zero-order valence-corrected chi connectivity index (χ0v) is 17.6. The van der Waals surface area contributed by atoms with Crippen LogP contribution in [0.2, 0.25) is 0 Å². The first-order valence-electron chi connectivity index (χ1n) is 9.60. The third-order valence-electron chi connectivity index (χ3n) is 4.54. The molecular formula is C24H20FN3O2S. The Morgan fingerprint density at radius 2 is 1.77 bits per heavy atom. The zero-order chi connectivity index (χ0) is 21.6. The summed E-state index contributed by atoms with van der Waals surface area (Å²) in [6.07, 6.45) is 0. The highest BCUT2D eigenvalue weighted by molar-refractivity contribution is 8.00. The first-order chi connectivity index (χ1) is 15.1. The number of nitrogens with zero attached hydrogens (tertiary/aromatic N) is 1. The van der Waals surface area contributed by atoms with Crippen LogP contribution in [0.3, 0.4) is 0 Å². The number of imidazole rings is 1. The van der Waals surface area contributed by atoms with Gasteiger partial charge in [0.1, 0.15) is 22.4 Å². The average molecular weight is 434 g/mol. The molecule has 0 fully saturated rings. The van der Waals surface area contributed by atoms with Crippen molar-refractivity contribution in [2.75, 3.05) is 18.2 Å². The van der Waals surface area contributed by atoms with Crippen molar-refractivity contribution in [3.8, 4) is 28.4 Å². The number of thioether (sulfide) groups is 1. The molecule has 0 aliphatic heterocycles. The molecular weight excluding hydrogens is 413 g/mol. The van der Waals surface area contributed by atoms with Crippen molar-refractivity contribution in [1.82, 2.24) is 9.97 Å². The minimum Gasteiger partial charge on any atom is -0.497 e. The van der Waals surface area contributed by atoms with Crippen molar-refractivity contribution in [2.45, 2.75) is 5.03 Å². The Kier molecular flexibility index (Phi) is 6.33. The minimum absolute atomic E-state index is 0.166. The molecule has 0 radical (unpaired) electrons. The van der Waals surface area contributed by atoms with E-state index in [1.54, 1.807) is 7.11 Å². The number of ether oxygens (including phenoxy) is 1. The second kappa shape index (κ2) is 9.49. The van der Waals surface area contributed by atoms with Crippen LogP contribution < -0.4 is 10.1 Å². The topological polar surface area (TPSA) is 67.0 Å². The molecule has 0 atom stereocenters. The predicted molar refractivity (Wildman–Crippen MR) is 122 cm³/mol. The molecule has 3 aromatic carbocycles. The summed E-state index contributed by atoms with van der Waals surface area (Å²) in [6.45, 7) is 0. The Hall–Kier alpha value is -3.58. The number of aromatic amines is 1. The molecule has 0 spiro atoms. The summed E-state index contributed by atoms with van der Waals surface area (Å²) in [5, 5.41) is 3.49. The van der Waals surface area contributed by atoms with Gasteiger partial charge in [-0.05, 0) is 36.4 Å². The van der Waals surface area contributed by atoms with E-state index in [4.69, 9.17) is 9.72 Å². The number of carbonyl (C=O) groups is 1. The molecule has 2 N–H and O–H groups in total. The van der Waals surface area contributed by atoms with Gasteiger partial charge in [0, 0.05) is 16.8 Å². The van der Waals surface area contributed by atoms with Crippen LogP contribution in [0.25, 0.3) is 22.6 Å². The highest BCUT2D eigenvalue weighted by atomic mass is 32.2. The van der Waals surface area contributed by atoms with E-state index in [2.05, 4.69) is 10.3 Å². The minimum atomic E-state index is -0.346. The van der Waals surface area contributed by atoms with Gasteiger partial charge in [-0.2, -0.15) is 0 Å². The Balaban J connectivity index is 1.57. The van der Waals surface area contributed by atoms with E-state index in [9.17, 15) is 9.18 Å². The normalized spacial score (nSPS) is 10.6. The smallest absolute Gasteiger partial charge is 0.234 e. The maximum atomic E-state index is 13.1. The molecule has 1 aromatic heterocycles. The molecule has 0 saturated carbocycles. The molecule has 1 amide bonds. The predicted octanol–water partition coefficient (Wildman–Crippen LogP) is 5.62. The number of rotatable bonds is 7. The van der Waals surface area contributed by atoms with Crippen LogP contribution in [0.15, 0.2) is 83.9 Å². The van der Waals surface area contributed by atoms with E-state index >= 15 is 0 Å². The fraction of sp³-hybridized carbons (Fsp3) is 0.0833. The summed E-state index contributed by atoms with van der Waals surface area (Å²) in [5.74, 6) is 1.06. The zero-order valence-electron chi connectivity index (χ0n) is 16.8. The van der Waals surface area contributed by atoms with Gasteiger partial charge in [0.25, 0.3) is 0 Å². The molecule has 5 nitrogen and oxygen atoms in total. The van der Waals surface area contributed by atoms with E-state index in [-0.39, 0.29) is 17.5 Å². The number of H-pyrrole nitrogens is 1. The van der Waals surface area contributed by atoms with Gasteiger partial charge in [0.2, 0.25) is 5.91 Å². The highest BCUT2D eigenvalue weighted by Gasteiger charge is 2.16. The van der Waals surface area contributed by atoms with Gasteiger partial charge in [-0.3, -0.25) is 4.79 Å². The maximum Gasteiger partial charge on any atom is 0.234 e. The summed E-state index contributed by atoms with van der Waals surface area (Å²) in [5.41, 5.74) is 3.26. The number of hydrogen-bond acceptors (Lipinski definition) is 4. The quantitative estimate of drug-likeness (QED) is 0.371. The van der Waals surface area contributed by atoms with Gasteiger partial charge in [0.05, 0.1) is 18.6 Å². The number of carbonyl (C=O) groups excluding carboxylic acids is 1. The fourth-order valence-electron chi connectivity index (χ4n) is 3.03. The molecule has 4 aromatic rings. The van der Waals surface area contributed by atoms with E-state index in [0.29, 0.717) is 11.5 Å². The van der Waals surface area contributed by atoms with E-state index in [0.717, 1.165) is 27.6 Å². The number of aromatic nitrogens is 2. The van der Waals surface area contributed by atoms with Crippen molar-refractivity contribution < 1.29 is 13.9 Å². The fourth-order valence-corrected chi connectivity index (χ4v) is 3.84. The van der Waals surface area contributed by atoms with Crippen LogP contribution >= 0.6 is 11.8 Å². The lowest BCUT2D eigenvalue weighted by Crippen LogP contribution is -2.14. The van der Waals surface area contributed by atoms with Crippen molar-refractivity contribution in [3.05, 3.63) is 84.7 Å². The largest absolute Gasteiger partial charge is 0.497 e. The molecule has 0 saturated heterocycles. The van der Waals surface area contributed by atoms with Crippen LogP contribution in [0.4, 0.5) is 10.1 Å². The van der Waals surface area contributed by atoms with E-state index in [1.807, 2.05) is 54.6 Å². The number of hydrogen-bond donors (Lipinski definition) is 2. The second-order valence-electron chi connectivity index (χ2n) is 6.71. The summed E-state index contributed by atoms with van der Waals surface area (Å²) in [4.78, 5) is 20.5. The number of methoxy groups -OCH3 is 1. The summed E-state index contributed by atoms with van der Waals surface area (Å²) in [6, 6.07) is 23.2. The molecule has 156 valence electrons. The van der Waals surface area contributed by atoms with Gasteiger partial charge >= 0.3 is 0 Å². The molecule has 4 rings (SSSR count). The Bertz CT molecular complexity index is 1180. The number of nitrogens with one attached hydrogen (secondary N) is 2. The highest BCUT2D eigenvalue weighted by Crippen LogP contribution is 2.33. The molecule has 0 aliphatic carbocycles. The summed E-state index contributed by atoms with van der Waals surface area (Å²) >= 11 is 1.34. The molecule has 0 aliphatic rings. The molecule has 0 bridgehead atoms. The third kappa shape index (κ3) is 5.13. The molecule has 0 unspecified atom stereocenters. The first kappa shape index (κ1) is 20.7. The second-order valence-corrected chi connectivity index (χ2v) is 7.67. The lowest BCUT2D eigenvalue weighted by atomic mass is 10.2. The van der Waals surface area contributed by atoms with Gasteiger partial charge in [-0.25, -0.2) is 9.37 Å². The Labute approximate surface area is 183 Å². The van der Waals surface area contributed by atoms with Crippen LogP contribution in [0.1, 0.15) is 0 Å². The van der Waals surface area contributed by atoms with Crippen LogP contribution in [-0.2, 0) is 4.79 Å². The van der Waals surface area contributed by atoms with Gasteiger partial charge < -0.3 is 15.0 Å². The summed E-state index contributed by atoms with van der Waals surface area (Å²) < 4.78 is 18.4. The van der Waals surface area contributed by atoms with E-state index < -0.39 is 0 Å². The first-order valence-corrected chi connectivity index (χ1v) is 10.6. The Morgan fingerprint density at radius 3 is 2.52 bits per heavy atom.